The van der Waals surface area contributed by atoms with Gasteiger partial charge in [-0.05, 0) is 6.92 Å². The third-order valence-electron chi connectivity index (χ3n) is 2.28. The van der Waals surface area contributed by atoms with E-state index in [0.29, 0.717) is 6.42 Å². The van der Waals surface area contributed by atoms with Crippen LogP contribution in [0.15, 0.2) is 54.6 Å². The second kappa shape index (κ2) is 10.1. The van der Waals surface area contributed by atoms with Gasteiger partial charge in [0.15, 0.2) is 0 Å². The molecule has 0 bridgehead atoms. The molecule has 0 spiro atoms. The van der Waals surface area contributed by atoms with Crippen molar-refractivity contribution in [1.29, 1.82) is 0 Å². The van der Waals surface area contributed by atoms with Crippen LogP contribution in [0.25, 0.3) is 0 Å². The molecule has 0 saturated carbocycles. The summed E-state index contributed by atoms with van der Waals surface area (Å²) in [7, 11) is 0. The van der Waals surface area contributed by atoms with Gasteiger partial charge in [0.2, 0.25) is 0 Å². The molecular formula is C15H18FeO-6. The monoisotopic (exact) mass is 270 g/mol. The van der Waals surface area contributed by atoms with Gasteiger partial charge >= 0.3 is 0 Å². The molecule has 2 aromatic carbocycles. The van der Waals surface area contributed by atoms with E-state index in [2.05, 4.69) is 12.1 Å². The van der Waals surface area contributed by atoms with Crippen LogP contribution in [-0.2, 0) is 28.3 Å². The Morgan fingerprint density at radius 3 is 1.94 bits per heavy atom. The number of hydrogen-bond acceptors (Lipinski definition) is 1. The van der Waals surface area contributed by atoms with Crippen molar-refractivity contribution in [2.75, 3.05) is 0 Å². The van der Waals surface area contributed by atoms with Crippen LogP contribution in [0.4, 0.5) is 0 Å². The first-order chi connectivity index (χ1) is 7.79. The van der Waals surface area contributed by atoms with Crippen LogP contribution in [0.5, 0.6) is 0 Å². The molecule has 0 aliphatic carbocycles. The number of rotatable bonds is 4. The first-order valence-electron chi connectivity index (χ1n) is 5.66. The van der Waals surface area contributed by atoms with Gasteiger partial charge in [-0.3, -0.25) is 0 Å². The minimum absolute atomic E-state index is 0. The Morgan fingerprint density at radius 1 is 1.06 bits per heavy atom. The van der Waals surface area contributed by atoms with Gasteiger partial charge in [-0.25, -0.2) is 12.1 Å². The van der Waals surface area contributed by atoms with E-state index in [1.54, 1.807) is 6.92 Å². The summed E-state index contributed by atoms with van der Waals surface area (Å²) >= 11 is 0. The van der Waals surface area contributed by atoms with Crippen LogP contribution in [0.1, 0.15) is 25.3 Å². The summed E-state index contributed by atoms with van der Waals surface area (Å²) in [6.45, 7) is 1.64. The Bertz CT molecular complexity index is 342. The van der Waals surface area contributed by atoms with E-state index in [0.717, 1.165) is 12.8 Å². The maximum atomic E-state index is 10.6. The molecule has 0 aliphatic rings. The number of aryl methyl sites for hydroxylation is 1. The summed E-state index contributed by atoms with van der Waals surface area (Å²) in [5.74, 6) is 0.288. The van der Waals surface area contributed by atoms with Crippen LogP contribution < -0.4 is 0 Å². The molecule has 0 atom stereocenters. The van der Waals surface area contributed by atoms with Gasteiger partial charge in [0.05, 0.1) is 0 Å². The fourth-order valence-electron chi connectivity index (χ4n) is 1.44. The topological polar surface area (TPSA) is 17.1 Å². The summed E-state index contributed by atoms with van der Waals surface area (Å²) in [5, 5.41) is 0. The van der Waals surface area contributed by atoms with E-state index in [1.165, 1.54) is 5.56 Å². The Kier molecular flexibility index (Phi) is 9.41. The van der Waals surface area contributed by atoms with Gasteiger partial charge in [-0.1, -0.05) is 12.8 Å². The second-order valence-corrected chi connectivity index (χ2v) is 3.81. The molecular weight excluding hydrogens is 252 g/mol. The zero-order valence-corrected chi connectivity index (χ0v) is 11.2. The van der Waals surface area contributed by atoms with Crippen LogP contribution in [0, 0.1) is 0 Å². The van der Waals surface area contributed by atoms with Crippen molar-refractivity contribution in [2.45, 2.75) is 26.2 Å². The Morgan fingerprint density at radius 2 is 1.53 bits per heavy atom. The zero-order chi connectivity index (χ0) is 11.6. The number of carbonyl (C=O) groups is 1. The first-order valence-corrected chi connectivity index (χ1v) is 5.66. The van der Waals surface area contributed by atoms with Gasteiger partial charge in [0.1, 0.15) is 5.78 Å². The predicted molar refractivity (Wildman–Crippen MR) is 67.7 cm³/mol. The van der Waals surface area contributed by atoms with Gasteiger partial charge in [0, 0.05) is 23.5 Å². The van der Waals surface area contributed by atoms with Crippen molar-refractivity contribution in [1.82, 2.24) is 0 Å². The average molecular weight is 270 g/mol. The summed E-state index contributed by atoms with van der Waals surface area (Å²) in [6, 6.07) is 18.3. The molecule has 0 fully saturated rings. The fraction of sp³-hybridized carbons (Fsp3) is 0.267. The van der Waals surface area contributed by atoms with E-state index < -0.39 is 0 Å². The average Bonchev–Trinajstić information content (AvgIpc) is 2.93. The normalized spacial score (nSPS) is 8.76. The van der Waals surface area contributed by atoms with Gasteiger partial charge in [-0.2, -0.15) is 17.7 Å². The summed E-state index contributed by atoms with van der Waals surface area (Å²) in [4.78, 5) is 10.6. The molecule has 0 saturated heterocycles. The zero-order valence-electron chi connectivity index (χ0n) is 10.1. The molecule has 2 heteroatoms. The predicted octanol–water partition coefficient (Wildman–Crippen LogP) is 3.72. The number of hydrogen-bond donors (Lipinski definition) is 0. The van der Waals surface area contributed by atoms with Crippen molar-refractivity contribution >= 4 is 5.78 Å². The molecule has 0 radical (unpaired) electrons. The van der Waals surface area contributed by atoms with Gasteiger partial charge < -0.3 is 35.1 Å². The minimum Gasteiger partial charge on any atom is -0.748 e. The van der Waals surface area contributed by atoms with E-state index in [9.17, 15) is 4.79 Å². The second-order valence-electron chi connectivity index (χ2n) is 3.81. The maximum Gasteiger partial charge on any atom is 0.129 e. The van der Waals surface area contributed by atoms with Gasteiger partial charge in [-0.15, -0.1) is 0 Å². The Hall–Kier alpha value is -1.11. The van der Waals surface area contributed by atoms with Crippen molar-refractivity contribution < 1.29 is 21.9 Å². The SMILES string of the molecule is CC(=O)CCC[c-]1cccc1.[Fe].[cH-]1[cH-][cH-][cH-][cH-]1. The van der Waals surface area contributed by atoms with Crippen LogP contribution in [0.3, 0.4) is 0 Å². The third kappa shape index (κ3) is 8.67. The maximum absolute atomic E-state index is 10.6. The molecule has 0 aliphatic heterocycles. The summed E-state index contributed by atoms with van der Waals surface area (Å²) < 4.78 is 0. The van der Waals surface area contributed by atoms with E-state index in [-0.39, 0.29) is 22.9 Å². The Balaban J connectivity index is 0.000000360. The van der Waals surface area contributed by atoms with E-state index in [1.807, 2.05) is 42.5 Å². The van der Waals surface area contributed by atoms with Crippen LogP contribution >= 0.6 is 0 Å². The van der Waals surface area contributed by atoms with Crippen molar-refractivity contribution in [3.63, 3.8) is 0 Å². The molecule has 0 aromatic heterocycles. The molecule has 2 aromatic rings. The number of Topliss-reactive ketones (excluding diaryl/α,β-unsaturated/α-hetero) is 1. The largest absolute Gasteiger partial charge is 0.748 e. The molecule has 0 unspecified atom stereocenters. The molecule has 0 heterocycles. The summed E-state index contributed by atoms with van der Waals surface area (Å²) in [5.41, 5.74) is 1.34. The Labute approximate surface area is 114 Å². The molecule has 0 amide bonds. The quantitative estimate of drug-likeness (QED) is 0.611. The molecule has 1 nitrogen and oxygen atoms in total. The van der Waals surface area contributed by atoms with Crippen LogP contribution in [0.2, 0.25) is 0 Å². The summed E-state index contributed by atoms with van der Waals surface area (Å²) in [6.07, 6.45) is 2.73. The minimum atomic E-state index is 0. The third-order valence-corrected chi connectivity index (χ3v) is 2.28. The van der Waals surface area contributed by atoms with Crippen molar-refractivity contribution in [2.24, 2.45) is 0 Å². The van der Waals surface area contributed by atoms with Crippen LogP contribution in [-0.4, -0.2) is 5.78 Å². The molecule has 2 rings (SSSR count). The van der Waals surface area contributed by atoms with E-state index >= 15 is 0 Å². The number of carbonyl (C=O) groups excluding carboxylic acids is 1. The standard InChI is InChI=1S/C10H13O.C5H5.Fe/c1-9(11)5-4-8-10-6-2-3-7-10;1-2-4-5-3-1;/h2-3,6-7H,4-5,8H2,1H3;1-5H;/q-1;-5;. The first kappa shape index (κ1) is 15.9. The number of ketones is 1. The molecule has 17 heavy (non-hydrogen) atoms. The molecule has 98 valence electrons. The van der Waals surface area contributed by atoms with Gasteiger partial charge in [0.25, 0.3) is 0 Å². The molecule has 0 N–H and O–H groups in total. The smallest absolute Gasteiger partial charge is 0.129 e. The fourth-order valence-corrected chi connectivity index (χ4v) is 1.44. The van der Waals surface area contributed by atoms with Crippen molar-refractivity contribution in [3.8, 4) is 0 Å². The van der Waals surface area contributed by atoms with Crippen molar-refractivity contribution in [3.05, 3.63) is 60.2 Å². The van der Waals surface area contributed by atoms with E-state index in [4.69, 9.17) is 0 Å².